The SMILES string of the molecule is CCOc1ccc2[nH]c(=O)c(C)nc2c1. The van der Waals surface area contributed by atoms with E-state index in [1.807, 2.05) is 19.1 Å². The average Bonchev–Trinajstić information content (AvgIpc) is 2.21. The largest absolute Gasteiger partial charge is 0.494 e. The van der Waals surface area contributed by atoms with Gasteiger partial charge in [-0.3, -0.25) is 4.79 Å². The van der Waals surface area contributed by atoms with Crippen molar-refractivity contribution in [1.82, 2.24) is 9.97 Å². The molecular weight excluding hydrogens is 192 g/mol. The molecule has 78 valence electrons. The van der Waals surface area contributed by atoms with Crippen LogP contribution in [0.25, 0.3) is 11.0 Å². The van der Waals surface area contributed by atoms with Crippen molar-refractivity contribution in [3.05, 3.63) is 34.2 Å². The number of aromatic amines is 1. The van der Waals surface area contributed by atoms with Gasteiger partial charge < -0.3 is 9.72 Å². The fourth-order valence-corrected chi connectivity index (χ4v) is 1.41. The molecule has 0 unspecified atom stereocenters. The number of hydrogen-bond acceptors (Lipinski definition) is 3. The maximum absolute atomic E-state index is 11.3. The van der Waals surface area contributed by atoms with E-state index in [1.54, 1.807) is 13.0 Å². The van der Waals surface area contributed by atoms with E-state index in [9.17, 15) is 4.79 Å². The highest BCUT2D eigenvalue weighted by molar-refractivity contribution is 5.75. The van der Waals surface area contributed by atoms with Crippen LogP contribution < -0.4 is 10.3 Å². The Morgan fingerprint density at radius 1 is 1.47 bits per heavy atom. The number of H-pyrrole nitrogens is 1. The first-order chi connectivity index (χ1) is 7.20. The summed E-state index contributed by atoms with van der Waals surface area (Å²) in [5.74, 6) is 0.768. The highest BCUT2D eigenvalue weighted by atomic mass is 16.5. The van der Waals surface area contributed by atoms with E-state index in [-0.39, 0.29) is 5.56 Å². The maximum atomic E-state index is 11.3. The van der Waals surface area contributed by atoms with Crippen molar-refractivity contribution in [3.63, 3.8) is 0 Å². The van der Waals surface area contributed by atoms with Gasteiger partial charge in [-0.15, -0.1) is 0 Å². The molecule has 0 bridgehead atoms. The number of nitrogens with zero attached hydrogens (tertiary/aromatic N) is 1. The number of benzene rings is 1. The highest BCUT2D eigenvalue weighted by Gasteiger charge is 2.01. The van der Waals surface area contributed by atoms with Gasteiger partial charge in [-0.05, 0) is 26.0 Å². The molecule has 4 nitrogen and oxygen atoms in total. The van der Waals surface area contributed by atoms with E-state index >= 15 is 0 Å². The summed E-state index contributed by atoms with van der Waals surface area (Å²) in [6.45, 7) is 4.23. The van der Waals surface area contributed by atoms with E-state index in [0.717, 1.165) is 16.8 Å². The zero-order valence-corrected chi connectivity index (χ0v) is 8.70. The molecule has 1 aromatic heterocycles. The minimum atomic E-state index is -0.147. The van der Waals surface area contributed by atoms with Gasteiger partial charge in [-0.2, -0.15) is 0 Å². The second-order valence-electron chi connectivity index (χ2n) is 3.26. The van der Waals surface area contributed by atoms with Gasteiger partial charge in [-0.1, -0.05) is 0 Å². The van der Waals surface area contributed by atoms with E-state index in [2.05, 4.69) is 9.97 Å². The van der Waals surface area contributed by atoms with Gasteiger partial charge in [0.25, 0.3) is 5.56 Å². The van der Waals surface area contributed by atoms with Gasteiger partial charge in [0.15, 0.2) is 0 Å². The van der Waals surface area contributed by atoms with E-state index in [4.69, 9.17) is 4.74 Å². The van der Waals surface area contributed by atoms with Crippen LogP contribution in [0.15, 0.2) is 23.0 Å². The predicted octanol–water partition coefficient (Wildman–Crippen LogP) is 1.63. The van der Waals surface area contributed by atoms with Crippen LogP contribution in [-0.4, -0.2) is 16.6 Å². The van der Waals surface area contributed by atoms with Gasteiger partial charge >= 0.3 is 0 Å². The number of fused-ring (bicyclic) bond motifs is 1. The molecule has 1 aromatic carbocycles. The molecule has 2 aromatic rings. The molecule has 0 aliphatic heterocycles. The lowest BCUT2D eigenvalue weighted by molar-refractivity contribution is 0.340. The van der Waals surface area contributed by atoms with Crippen LogP contribution in [0.1, 0.15) is 12.6 Å². The van der Waals surface area contributed by atoms with Crippen molar-refractivity contribution in [3.8, 4) is 5.75 Å². The van der Waals surface area contributed by atoms with Crippen molar-refractivity contribution >= 4 is 11.0 Å². The lowest BCUT2D eigenvalue weighted by atomic mass is 10.3. The van der Waals surface area contributed by atoms with Crippen LogP contribution in [0.3, 0.4) is 0 Å². The number of rotatable bonds is 2. The zero-order valence-electron chi connectivity index (χ0n) is 8.70. The number of ether oxygens (including phenoxy) is 1. The molecule has 0 aliphatic rings. The number of nitrogens with one attached hydrogen (secondary N) is 1. The van der Waals surface area contributed by atoms with Crippen molar-refractivity contribution in [2.45, 2.75) is 13.8 Å². The standard InChI is InChI=1S/C11H12N2O2/c1-3-15-8-4-5-9-10(6-8)12-7(2)11(14)13-9/h4-6H,3H2,1-2H3,(H,13,14). The second kappa shape index (κ2) is 3.73. The summed E-state index contributed by atoms with van der Waals surface area (Å²) in [7, 11) is 0. The minimum absolute atomic E-state index is 0.147. The normalized spacial score (nSPS) is 10.5. The van der Waals surface area contributed by atoms with Crippen molar-refractivity contribution in [2.75, 3.05) is 6.61 Å². The van der Waals surface area contributed by atoms with Crippen LogP contribution in [0.2, 0.25) is 0 Å². The van der Waals surface area contributed by atoms with Crippen molar-refractivity contribution in [2.24, 2.45) is 0 Å². The molecular formula is C11H12N2O2. The quantitative estimate of drug-likeness (QED) is 0.808. The Kier molecular flexibility index (Phi) is 2.41. The van der Waals surface area contributed by atoms with Gasteiger partial charge in [0.05, 0.1) is 17.6 Å². The Labute approximate surface area is 86.9 Å². The maximum Gasteiger partial charge on any atom is 0.269 e. The Morgan fingerprint density at radius 3 is 3.00 bits per heavy atom. The third-order valence-corrected chi connectivity index (χ3v) is 2.15. The Morgan fingerprint density at radius 2 is 2.27 bits per heavy atom. The van der Waals surface area contributed by atoms with Gasteiger partial charge in [0, 0.05) is 6.07 Å². The van der Waals surface area contributed by atoms with E-state index in [0.29, 0.717) is 12.3 Å². The first-order valence-corrected chi connectivity index (χ1v) is 4.84. The Balaban J connectivity index is 2.61. The first-order valence-electron chi connectivity index (χ1n) is 4.84. The second-order valence-corrected chi connectivity index (χ2v) is 3.26. The molecule has 0 amide bonds. The van der Waals surface area contributed by atoms with Crippen LogP contribution in [0.4, 0.5) is 0 Å². The van der Waals surface area contributed by atoms with Crippen LogP contribution >= 0.6 is 0 Å². The van der Waals surface area contributed by atoms with Crippen molar-refractivity contribution in [1.29, 1.82) is 0 Å². The summed E-state index contributed by atoms with van der Waals surface area (Å²) >= 11 is 0. The minimum Gasteiger partial charge on any atom is -0.494 e. The molecule has 4 heteroatoms. The molecule has 0 saturated heterocycles. The lowest BCUT2D eigenvalue weighted by Crippen LogP contribution is -2.11. The lowest BCUT2D eigenvalue weighted by Gasteiger charge is -2.04. The summed E-state index contributed by atoms with van der Waals surface area (Å²) in [5, 5.41) is 0. The summed E-state index contributed by atoms with van der Waals surface area (Å²) in [6.07, 6.45) is 0. The van der Waals surface area contributed by atoms with Crippen LogP contribution in [0, 0.1) is 6.92 Å². The average molecular weight is 204 g/mol. The number of aryl methyl sites for hydroxylation is 1. The van der Waals surface area contributed by atoms with Gasteiger partial charge in [0.2, 0.25) is 0 Å². The van der Waals surface area contributed by atoms with E-state index < -0.39 is 0 Å². The fraction of sp³-hybridized carbons (Fsp3) is 0.273. The highest BCUT2D eigenvalue weighted by Crippen LogP contribution is 2.16. The number of hydrogen-bond donors (Lipinski definition) is 1. The molecule has 1 heterocycles. The molecule has 0 fully saturated rings. The van der Waals surface area contributed by atoms with Crippen molar-refractivity contribution < 1.29 is 4.74 Å². The third-order valence-electron chi connectivity index (χ3n) is 2.15. The molecule has 0 saturated carbocycles. The first kappa shape index (κ1) is 9.71. The number of aromatic nitrogens is 2. The molecule has 2 rings (SSSR count). The van der Waals surface area contributed by atoms with Crippen LogP contribution in [-0.2, 0) is 0 Å². The summed E-state index contributed by atoms with van der Waals surface area (Å²) < 4.78 is 5.35. The smallest absolute Gasteiger partial charge is 0.269 e. The molecule has 0 radical (unpaired) electrons. The Bertz CT molecular complexity index is 546. The topological polar surface area (TPSA) is 55.0 Å². The Hall–Kier alpha value is -1.84. The third kappa shape index (κ3) is 1.83. The predicted molar refractivity (Wildman–Crippen MR) is 58.3 cm³/mol. The molecule has 1 N–H and O–H groups in total. The molecule has 0 spiro atoms. The summed E-state index contributed by atoms with van der Waals surface area (Å²) in [5.41, 5.74) is 1.80. The molecule has 0 aliphatic carbocycles. The molecule has 15 heavy (non-hydrogen) atoms. The monoisotopic (exact) mass is 204 g/mol. The van der Waals surface area contributed by atoms with Gasteiger partial charge in [-0.25, -0.2) is 4.98 Å². The van der Waals surface area contributed by atoms with Gasteiger partial charge in [0.1, 0.15) is 11.4 Å². The summed E-state index contributed by atoms with van der Waals surface area (Å²) in [6, 6.07) is 5.44. The van der Waals surface area contributed by atoms with Crippen LogP contribution in [0.5, 0.6) is 5.75 Å². The van der Waals surface area contributed by atoms with E-state index in [1.165, 1.54) is 0 Å². The fourth-order valence-electron chi connectivity index (χ4n) is 1.41. The molecule has 0 atom stereocenters. The zero-order chi connectivity index (χ0) is 10.8. The summed E-state index contributed by atoms with van der Waals surface area (Å²) in [4.78, 5) is 18.2.